The van der Waals surface area contributed by atoms with E-state index in [0.717, 1.165) is 25.0 Å². The Bertz CT molecular complexity index is 530. The molecule has 2 atom stereocenters. The van der Waals surface area contributed by atoms with Gasteiger partial charge in [0, 0.05) is 17.5 Å². The van der Waals surface area contributed by atoms with Gasteiger partial charge in [0.1, 0.15) is 5.54 Å². The molecule has 108 valence electrons. The number of aromatic nitrogens is 1. The molecule has 0 radical (unpaired) electrons. The Kier molecular flexibility index (Phi) is 4.06. The third kappa shape index (κ3) is 2.66. The first-order valence-corrected chi connectivity index (χ1v) is 6.94. The molecule has 1 aliphatic carbocycles. The normalized spacial score (nSPS) is 26.0. The van der Waals surface area contributed by atoms with E-state index in [4.69, 9.17) is 0 Å². The van der Waals surface area contributed by atoms with Crippen molar-refractivity contribution < 1.29 is 14.7 Å². The number of amides is 1. The fourth-order valence-electron chi connectivity index (χ4n) is 2.87. The lowest BCUT2D eigenvalue weighted by Crippen LogP contribution is -2.60. The zero-order valence-corrected chi connectivity index (χ0v) is 11.8. The van der Waals surface area contributed by atoms with Crippen LogP contribution in [0.1, 0.15) is 48.7 Å². The molecule has 0 aromatic carbocycles. The van der Waals surface area contributed by atoms with Crippen molar-refractivity contribution in [1.29, 1.82) is 0 Å². The number of nitrogens with one attached hydrogen (secondary N) is 1. The Morgan fingerprint density at radius 1 is 1.45 bits per heavy atom. The molecule has 1 fully saturated rings. The van der Waals surface area contributed by atoms with Crippen LogP contribution in [0.4, 0.5) is 0 Å². The Morgan fingerprint density at radius 3 is 2.80 bits per heavy atom. The SMILES string of the molecule is Cc1cc(C(=O)NC2(C(=O)O)CCCCC2C)ccn1. The molecule has 0 bridgehead atoms. The largest absolute Gasteiger partial charge is 0.479 e. The predicted octanol–water partition coefficient (Wildman–Crippen LogP) is 2.15. The molecule has 1 aliphatic rings. The van der Waals surface area contributed by atoms with Gasteiger partial charge in [-0.15, -0.1) is 0 Å². The van der Waals surface area contributed by atoms with Gasteiger partial charge in [0.2, 0.25) is 0 Å². The summed E-state index contributed by atoms with van der Waals surface area (Å²) in [5.74, 6) is -1.35. The minimum atomic E-state index is -1.15. The van der Waals surface area contributed by atoms with E-state index in [0.29, 0.717) is 12.0 Å². The summed E-state index contributed by atoms with van der Waals surface area (Å²) in [6, 6.07) is 3.27. The monoisotopic (exact) mass is 276 g/mol. The molecule has 1 aromatic rings. The Balaban J connectivity index is 2.24. The fraction of sp³-hybridized carbons (Fsp3) is 0.533. The Morgan fingerprint density at radius 2 is 2.20 bits per heavy atom. The summed E-state index contributed by atoms with van der Waals surface area (Å²) in [7, 11) is 0. The minimum Gasteiger partial charge on any atom is -0.479 e. The first-order valence-electron chi connectivity index (χ1n) is 6.94. The lowest BCUT2D eigenvalue weighted by Gasteiger charge is -2.39. The van der Waals surface area contributed by atoms with E-state index < -0.39 is 11.5 Å². The van der Waals surface area contributed by atoms with Crippen molar-refractivity contribution in [3.63, 3.8) is 0 Å². The van der Waals surface area contributed by atoms with Crippen LogP contribution in [0.3, 0.4) is 0 Å². The van der Waals surface area contributed by atoms with Crippen LogP contribution >= 0.6 is 0 Å². The van der Waals surface area contributed by atoms with Crippen molar-refractivity contribution in [2.45, 2.75) is 45.1 Å². The van der Waals surface area contributed by atoms with Crippen molar-refractivity contribution in [3.05, 3.63) is 29.6 Å². The molecule has 2 rings (SSSR count). The highest BCUT2D eigenvalue weighted by Crippen LogP contribution is 2.34. The van der Waals surface area contributed by atoms with Gasteiger partial charge in [-0.2, -0.15) is 0 Å². The second-order valence-electron chi connectivity index (χ2n) is 5.56. The standard InChI is InChI=1S/C15H20N2O3/c1-10-5-3-4-7-15(10,14(19)20)17-13(18)12-6-8-16-11(2)9-12/h6,8-10H,3-5,7H2,1-2H3,(H,17,18)(H,19,20). The zero-order chi connectivity index (χ0) is 14.8. The van der Waals surface area contributed by atoms with Gasteiger partial charge in [-0.05, 0) is 37.8 Å². The van der Waals surface area contributed by atoms with Gasteiger partial charge in [0.25, 0.3) is 5.91 Å². The van der Waals surface area contributed by atoms with E-state index in [9.17, 15) is 14.7 Å². The van der Waals surface area contributed by atoms with Gasteiger partial charge >= 0.3 is 5.97 Å². The maximum atomic E-state index is 12.3. The number of carbonyl (C=O) groups is 2. The van der Waals surface area contributed by atoms with Crippen molar-refractivity contribution in [1.82, 2.24) is 10.3 Å². The summed E-state index contributed by atoms with van der Waals surface area (Å²) in [4.78, 5) is 28.1. The van der Waals surface area contributed by atoms with Gasteiger partial charge in [-0.1, -0.05) is 19.8 Å². The molecule has 0 saturated heterocycles. The molecular formula is C15H20N2O3. The number of aliphatic carboxylic acids is 1. The lowest BCUT2D eigenvalue weighted by atomic mass is 9.73. The Labute approximate surface area is 118 Å². The third-order valence-electron chi connectivity index (χ3n) is 4.18. The van der Waals surface area contributed by atoms with Gasteiger partial charge in [-0.3, -0.25) is 9.78 Å². The van der Waals surface area contributed by atoms with Crippen LogP contribution in [0, 0.1) is 12.8 Å². The molecule has 2 N–H and O–H groups in total. The predicted molar refractivity (Wildman–Crippen MR) is 74.4 cm³/mol. The topological polar surface area (TPSA) is 79.3 Å². The van der Waals surface area contributed by atoms with Crippen molar-refractivity contribution in [3.8, 4) is 0 Å². The van der Waals surface area contributed by atoms with Crippen molar-refractivity contribution in [2.75, 3.05) is 0 Å². The molecule has 0 aliphatic heterocycles. The first kappa shape index (κ1) is 14.5. The summed E-state index contributed by atoms with van der Waals surface area (Å²) in [5, 5.41) is 12.3. The molecule has 5 nitrogen and oxygen atoms in total. The highest BCUT2D eigenvalue weighted by molar-refractivity contribution is 5.98. The molecular weight excluding hydrogens is 256 g/mol. The summed E-state index contributed by atoms with van der Waals surface area (Å²) in [6.45, 7) is 3.69. The quantitative estimate of drug-likeness (QED) is 0.886. The number of pyridine rings is 1. The fourth-order valence-corrected chi connectivity index (χ4v) is 2.87. The minimum absolute atomic E-state index is 0.0689. The van der Waals surface area contributed by atoms with Crippen LogP contribution in [0.2, 0.25) is 0 Å². The summed E-state index contributed by atoms with van der Waals surface area (Å²) in [6.07, 6.45) is 4.70. The maximum Gasteiger partial charge on any atom is 0.329 e. The Hall–Kier alpha value is -1.91. The number of carbonyl (C=O) groups excluding carboxylic acids is 1. The molecule has 20 heavy (non-hydrogen) atoms. The van der Waals surface area contributed by atoms with Gasteiger partial charge in [0.05, 0.1) is 0 Å². The highest BCUT2D eigenvalue weighted by Gasteiger charge is 2.46. The van der Waals surface area contributed by atoms with Gasteiger partial charge in [-0.25, -0.2) is 4.79 Å². The number of hydrogen-bond donors (Lipinski definition) is 2. The summed E-state index contributed by atoms with van der Waals surface area (Å²) < 4.78 is 0. The molecule has 1 saturated carbocycles. The van der Waals surface area contributed by atoms with Crippen LogP contribution in [0.15, 0.2) is 18.3 Å². The maximum absolute atomic E-state index is 12.3. The summed E-state index contributed by atoms with van der Waals surface area (Å²) >= 11 is 0. The van der Waals surface area contributed by atoms with E-state index in [1.807, 2.05) is 6.92 Å². The van der Waals surface area contributed by atoms with Crippen LogP contribution in [-0.4, -0.2) is 27.5 Å². The zero-order valence-electron chi connectivity index (χ0n) is 11.8. The van der Waals surface area contributed by atoms with Crippen LogP contribution < -0.4 is 5.32 Å². The van der Waals surface area contributed by atoms with Crippen molar-refractivity contribution >= 4 is 11.9 Å². The number of hydrogen-bond acceptors (Lipinski definition) is 3. The molecule has 1 aromatic heterocycles. The van der Waals surface area contributed by atoms with Gasteiger partial charge < -0.3 is 10.4 Å². The van der Waals surface area contributed by atoms with E-state index in [-0.39, 0.29) is 11.8 Å². The number of aryl methyl sites for hydroxylation is 1. The van der Waals surface area contributed by atoms with E-state index in [1.165, 1.54) is 0 Å². The molecule has 0 spiro atoms. The molecule has 1 heterocycles. The van der Waals surface area contributed by atoms with Crippen LogP contribution in [0.25, 0.3) is 0 Å². The number of nitrogens with zero attached hydrogens (tertiary/aromatic N) is 1. The van der Waals surface area contributed by atoms with E-state index in [2.05, 4.69) is 10.3 Å². The lowest BCUT2D eigenvalue weighted by molar-refractivity contribution is -0.148. The number of rotatable bonds is 3. The van der Waals surface area contributed by atoms with Gasteiger partial charge in [0.15, 0.2) is 0 Å². The second kappa shape index (κ2) is 5.61. The van der Waals surface area contributed by atoms with Crippen molar-refractivity contribution in [2.24, 2.45) is 5.92 Å². The average molecular weight is 276 g/mol. The van der Waals surface area contributed by atoms with E-state index in [1.54, 1.807) is 25.3 Å². The first-order chi connectivity index (χ1) is 9.45. The molecule has 5 heteroatoms. The number of carboxylic acid groups (broad SMARTS) is 1. The summed E-state index contributed by atoms with van der Waals surface area (Å²) in [5.41, 5.74) is 0.0431. The van der Waals surface area contributed by atoms with E-state index >= 15 is 0 Å². The van der Waals surface area contributed by atoms with Crippen LogP contribution in [0.5, 0.6) is 0 Å². The molecule has 1 amide bonds. The highest BCUT2D eigenvalue weighted by atomic mass is 16.4. The number of carboxylic acids is 1. The average Bonchev–Trinajstić information content (AvgIpc) is 2.41. The third-order valence-corrected chi connectivity index (χ3v) is 4.18. The smallest absolute Gasteiger partial charge is 0.329 e. The second-order valence-corrected chi connectivity index (χ2v) is 5.56. The molecule has 2 unspecified atom stereocenters. The van der Waals surface area contributed by atoms with Crippen LogP contribution in [-0.2, 0) is 4.79 Å².